The van der Waals surface area contributed by atoms with Crippen molar-refractivity contribution in [3.8, 4) is 0 Å². The van der Waals surface area contributed by atoms with E-state index < -0.39 is 33.7 Å². The number of hydrogen-bond donors (Lipinski definition) is 0. The first kappa shape index (κ1) is 19.2. The van der Waals surface area contributed by atoms with Gasteiger partial charge in [0.1, 0.15) is 24.9 Å². The third kappa shape index (κ3) is 2.53. The molecular formula is C15H16NO6+. The van der Waals surface area contributed by atoms with Gasteiger partial charge in [0.25, 0.3) is 0 Å². The van der Waals surface area contributed by atoms with Gasteiger partial charge >= 0.3 is 17.7 Å². The fourth-order valence-corrected chi connectivity index (χ4v) is 2.04. The van der Waals surface area contributed by atoms with E-state index in [0.717, 1.165) is 6.92 Å². The maximum Gasteiger partial charge on any atom is 0.353 e. The van der Waals surface area contributed by atoms with Crippen LogP contribution in [0.4, 0.5) is 0 Å². The van der Waals surface area contributed by atoms with Gasteiger partial charge in [-0.15, -0.1) is 4.48 Å². The molecular weight excluding hydrogens is 290 g/mol. The number of imide groups is 3. The highest BCUT2D eigenvalue weighted by Crippen LogP contribution is 2.29. The van der Waals surface area contributed by atoms with Gasteiger partial charge in [0.2, 0.25) is 0 Å². The minimum Gasteiger partial charge on any atom is -0.302 e. The second kappa shape index (κ2) is 7.28. The molecule has 0 saturated heterocycles. The Balaban J connectivity index is 6.82. The fourth-order valence-electron chi connectivity index (χ4n) is 2.04. The van der Waals surface area contributed by atoms with Crippen molar-refractivity contribution < 1.29 is 33.3 Å². The van der Waals surface area contributed by atoms with Crippen LogP contribution in [-0.2, 0) is 28.8 Å². The summed E-state index contributed by atoms with van der Waals surface area (Å²) in [6.45, 7) is 10.7. The van der Waals surface area contributed by atoms with Crippen molar-refractivity contribution in [1.29, 1.82) is 0 Å². The van der Waals surface area contributed by atoms with E-state index in [9.17, 15) is 28.8 Å². The predicted molar refractivity (Wildman–Crippen MR) is 76.0 cm³/mol. The molecule has 0 rings (SSSR count). The number of rotatable bonds is 8. The smallest absolute Gasteiger partial charge is 0.302 e. The van der Waals surface area contributed by atoms with E-state index in [1.54, 1.807) is 0 Å². The Morgan fingerprint density at radius 2 is 1.09 bits per heavy atom. The Morgan fingerprint density at radius 1 is 0.818 bits per heavy atom. The molecule has 0 bridgehead atoms. The average molecular weight is 306 g/mol. The Bertz CT molecular complexity index is 503. The first-order valence-electron chi connectivity index (χ1n) is 6.07. The minimum absolute atomic E-state index is 0.0201. The van der Waals surface area contributed by atoms with Crippen molar-refractivity contribution in [2.45, 2.75) is 13.0 Å². The lowest BCUT2D eigenvalue weighted by Gasteiger charge is -2.37. The highest BCUT2D eigenvalue weighted by molar-refractivity contribution is 6.10. The van der Waals surface area contributed by atoms with Gasteiger partial charge in [-0.05, 0) is 6.92 Å². The summed E-state index contributed by atoms with van der Waals surface area (Å²) in [6.07, 6.45) is 1.99. The zero-order valence-corrected chi connectivity index (χ0v) is 12.1. The number of aldehydes is 3. The van der Waals surface area contributed by atoms with Gasteiger partial charge in [-0.25, -0.2) is 14.4 Å². The molecule has 0 aromatic rings. The van der Waals surface area contributed by atoms with Crippen LogP contribution in [0.15, 0.2) is 38.0 Å². The Hall–Kier alpha value is -2.80. The maximum atomic E-state index is 12.2. The van der Waals surface area contributed by atoms with E-state index in [1.165, 1.54) is 0 Å². The van der Waals surface area contributed by atoms with Crippen molar-refractivity contribution >= 4 is 36.6 Å². The summed E-state index contributed by atoms with van der Waals surface area (Å²) in [6, 6.07) is -1.64. The van der Waals surface area contributed by atoms with Crippen molar-refractivity contribution in [2.75, 3.05) is 0 Å². The van der Waals surface area contributed by atoms with Gasteiger partial charge in [0.15, 0.2) is 5.41 Å². The van der Waals surface area contributed by atoms with Crippen LogP contribution >= 0.6 is 0 Å². The van der Waals surface area contributed by atoms with Crippen LogP contribution < -0.4 is 0 Å². The molecule has 0 spiro atoms. The standard InChI is InChI=1S/C15H16NO6/c1-5-12(20)16(13(21)6-2,14(22)7-3)11(4)15(8-17,9-18)10-19/h5-11H,1-3H2,4H3/q+1. The van der Waals surface area contributed by atoms with Gasteiger partial charge < -0.3 is 14.4 Å². The second-order valence-corrected chi connectivity index (χ2v) is 4.38. The Labute approximate surface area is 127 Å². The molecule has 0 fully saturated rings. The Kier molecular flexibility index (Phi) is 6.35. The average Bonchev–Trinajstić information content (AvgIpc) is 2.56. The quantitative estimate of drug-likeness (QED) is 0.269. The molecule has 0 aliphatic carbocycles. The van der Waals surface area contributed by atoms with Gasteiger partial charge in [-0.3, -0.25) is 0 Å². The topological polar surface area (TPSA) is 102 Å². The zero-order valence-electron chi connectivity index (χ0n) is 12.1. The summed E-state index contributed by atoms with van der Waals surface area (Å²) >= 11 is 0. The van der Waals surface area contributed by atoms with E-state index in [0.29, 0.717) is 18.2 Å². The first-order valence-corrected chi connectivity index (χ1v) is 6.07. The maximum absolute atomic E-state index is 12.2. The number of quaternary nitrogens is 1. The van der Waals surface area contributed by atoms with Gasteiger partial charge in [-0.2, -0.15) is 0 Å². The minimum atomic E-state index is -2.37. The highest BCUT2D eigenvalue weighted by atomic mass is 16.2. The van der Waals surface area contributed by atoms with Crippen LogP contribution in [0.2, 0.25) is 0 Å². The number of carbonyl (C=O) groups is 6. The van der Waals surface area contributed by atoms with Gasteiger partial charge in [0.05, 0.1) is 0 Å². The summed E-state index contributed by atoms with van der Waals surface area (Å²) < 4.78 is -1.65. The third-order valence-electron chi connectivity index (χ3n) is 3.48. The second-order valence-electron chi connectivity index (χ2n) is 4.38. The highest BCUT2D eigenvalue weighted by Gasteiger charge is 2.60. The predicted octanol–water partition coefficient (Wildman–Crippen LogP) is -0.0874. The van der Waals surface area contributed by atoms with E-state index in [4.69, 9.17) is 0 Å². The molecule has 0 heterocycles. The molecule has 0 aliphatic heterocycles. The van der Waals surface area contributed by atoms with Gasteiger partial charge in [0, 0.05) is 18.2 Å². The molecule has 22 heavy (non-hydrogen) atoms. The molecule has 0 aromatic carbocycles. The number of hydrogen-bond acceptors (Lipinski definition) is 6. The molecule has 0 aromatic heterocycles. The molecule has 7 nitrogen and oxygen atoms in total. The fraction of sp³-hybridized carbons (Fsp3) is 0.200. The number of carbonyl (C=O) groups excluding carboxylic acids is 6. The van der Waals surface area contributed by atoms with Crippen molar-refractivity contribution in [3.63, 3.8) is 0 Å². The normalized spacial score (nSPS) is 12.4. The molecule has 0 radical (unpaired) electrons. The van der Waals surface area contributed by atoms with Crippen LogP contribution in [0, 0.1) is 5.41 Å². The van der Waals surface area contributed by atoms with Crippen LogP contribution in [0.5, 0.6) is 0 Å². The van der Waals surface area contributed by atoms with Crippen molar-refractivity contribution in [2.24, 2.45) is 5.41 Å². The number of amides is 3. The lowest BCUT2D eigenvalue weighted by molar-refractivity contribution is -0.725. The largest absolute Gasteiger partial charge is 0.353 e. The molecule has 3 amide bonds. The molecule has 1 atom stereocenters. The summed E-state index contributed by atoms with van der Waals surface area (Å²) in [7, 11) is 0. The monoisotopic (exact) mass is 306 g/mol. The van der Waals surface area contributed by atoms with E-state index in [-0.39, 0.29) is 18.9 Å². The molecule has 0 aliphatic rings. The summed E-state index contributed by atoms with van der Waals surface area (Å²) in [5, 5.41) is 0. The molecule has 116 valence electrons. The SMILES string of the molecule is C=CC(=O)[N+](C(=O)C=C)(C(=O)C=C)C(C)C(C=O)(C=O)C=O. The first-order chi connectivity index (χ1) is 10.3. The van der Waals surface area contributed by atoms with E-state index in [2.05, 4.69) is 19.7 Å². The third-order valence-corrected chi connectivity index (χ3v) is 3.48. The van der Waals surface area contributed by atoms with Crippen molar-refractivity contribution in [3.05, 3.63) is 38.0 Å². The van der Waals surface area contributed by atoms with Crippen LogP contribution in [0.3, 0.4) is 0 Å². The Morgan fingerprint density at radius 3 is 1.27 bits per heavy atom. The molecule has 0 N–H and O–H groups in total. The molecule has 1 unspecified atom stereocenters. The lowest BCUT2D eigenvalue weighted by Crippen LogP contribution is -2.69. The van der Waals surface area contributed by atoms with E-state index >= 15 is 0 Å². The van der Waals surface area contributed by atoms with Crippen LogP contribution in [0.1, 0.15) is 6.92 Å². The lowest BCUT2D eigenvalue weighted by atomic mass is 9.82. The number of nitrogens with zero attached hydrogens (tertiary/aromatic N) is 1. The molecule has 7 heteroatoms. The van der Waals surface area contributed by atoms with Crippen molar-refractivity contribution in [1.82, 2.24) is 0 Å². The molecule has 0 saturated carbocycles. The summed E-state index contributed by atoms with van der Waals surface area (Å²) in [4.78, 5) is 70.4. The summed E-state index contributed by atoms with van der Waals surface area (Å²) in [5.74, 6) is -3.34. The zero-order chi connectivity index (χ0) is 17.6. The van der Waals surface area contributed by atoms with E-state index in [1.807, 2.05) is 0 Å². The van der Waals surface area contributed by atoms with Gasteiger partial charge in [-0.1, -0.05) is 19.7 Å². The summed E-state index contributed by atoms with van der Waals surface area (Å²) in [5.41, 5.74) is -2.37. The van der Waals surface area contributed by atoms with Crippen LogP contribution in [0.25, 0.3) is 0 Å². The van der Waals surface area contributed by atoms with Crippen LogP contribution in [-0.4, -0.2) is 47.1 Å².